The highest BCUT2D eigenvalue weighted by Crippen LogP contribution is 2.28. The van der Waals surface area contributed by atoms with Gasteiger partial charge in [-0.1, -0.05) is 59.2 Å². The fourth-order valence-corrected chi connectivity index (χ4v) is 3.76. The lowest BCUT2D eigenvalue weighted by atomic mass is 10.2. The van der Waals surface area contributed by atoms with Crippen LogP contribution >= 0.6 is 35.0 Å². The summed E-state index contributed by atoms with van der Waals surface area (Å²) in [6.07, 6.45) is 0. The van der Waals surface area contributed by atoms with Crippen LogP contribution in [0.3, 0.4) is 0 Å². The number of aromatic nitrogens is 5. The molecule has 0 saturated heterocycles. The van der Waals surface area contributed by atoms with E-state index in [9.17, 15) is 0 Å². The van der Waals surface area contributed by atoms with Crippen LogP contribution in [0.25, 0.3) is 16.6 Å². The van der Waals surface area contributed by atoms with Crippen molar-refractivity contribution in [2.24, 2.45) is 0 Å². The third kappa shape index (κ3) is 3.46. The summed E-state index contributed by atoms with van der Waals surface area (Å²) < 4.78 is 1.65. The van der Waals surface area contributed by atoms with Crippen LogP contribution in [0.15, 0.2) is 59.8 Å². The summed E-state index contributed by atoms with van der Waals surface area (Å²) in [5.41, 5.74) is 2.62. The predicted octanol–water partition coefficient (Wildman–Crippen LogP) is 4.81. The molecule has 0 N–H and O–H groups in total. The van der Waals surface area contributed by atoms with Crippen LogP contribution in [0.2, 0.25) is 10.2 Å². The van der Waals surface area contributed by atoms with Crippen LogP contribution in [0.4, 0.5) is 0 Å². The second kappa shape index (κ2) is 7.00. The lowest BCUT2D eigenvalue weighted by Gasteiger charge is -2.07. The van der Waals surface area contributed by atoms with E-state index in [1.54, 1.807) is 4.68 Å². The number of benzene rings is 2. The molecule has 0 saturated carbocycles. The highest BCUT2D eigenvalue weighted by Gasteiger charge is 2.12. The van der Waals surface area contributed by atoms with Gasteiger partial charge in [0.1, 0.15) is 5.15 Å². The third-order valence-corrected chi connectivity index (χ3v) is 5.13. The van der Waals surface area contributed by atoms with Crippen molar-refractivity contribution >= 4 is 45.9 Å². The van der Waals surface area contributed by atoms with E-state index in [4.69, 9.17) is 23.2 Å². The Balaban J connectivity index is 1.60. The third-order valence-electron chi connectivity index (χ3n) is 3.60. The van der Waals surface area contributed by atoms with E-state index in [0.29, 0.717) is 21.1 Å². The van der Waals surface area contributed by atoms with Crippen LogP contribution in [-0.2, 0) is 5.75 Å². The van der Waals surface area contributed by atoms with Crippen LogP contribution in [0, 0.1) is 0 Å². The molecule has 0 aliphatic heterocycles. The molecule has 0 bridgehead atoms. The zero-order chi connectivity index (χ0) is 17.2. The maximum absolute atomic E-state index is 6.32. The minimum Gasteiger partial charge on any atom is -0.236 e. The molecular weight excluding hydrogens is 377 g/mol. The van der Waals surface area contributed by atoms with E-state index in [2.05, 4.69) is 20.5 Å². The molecule has 4 aromatic rings. The molecule has 2 aromatic heterocycles. The van der Waals surface area contributed by atoms with Gasteiger partial charge in [0.25, 0.3) is 0 Å². The van der Waals surface area contributed by atoms with E-state index in [-0.39, 0.29) is 0 Å². The van der Waals surface area contributed by atoms with Crippen LogP contribution in [-0.4, -0.2) is 25.2 Å². The second-order valence-corrected chi connectivity index (χ2v) is 7.01. The number of hydrogen-bond donors (Lipinski definition) is 0. The van der Waals surface area contributed by atoms with Gasteiger partial charge < -0.3 is 0 Å². The first-order valence-electron chi connectivity index (χ1n) is 7.42. The summed E-state index contributed by atoms with van der Waals surface area (Å²) in [6, 6.07) is 17.3. The number of para-hydroxylation sites is 1. The Bertz CT molecular complexity index is 1050. The zero-order valence-corrected chi connectivity index (χ0v) is 15.1. The van der Waals surface area contributed by atoms with Gasteiger partial charge in [-0.3, -0.25) is 0 Å². The Labute approximate surface area is 158 Å². The van der Waals surface area contributed by atoms with Crippen molar-refractivity contribution in [3.05, 3.63) is 70.3 Å². The molecule has 0 spiro atoms. The molecule has 0 fully saturated rings. The Morgan fingerprint density at radius 1 is 1.00 bits per heavy atom. The summed E-state index contributed by atoms with van der Waals surface area (Å²) in [7, 11) is 0. The Morgan fingerprint density at radius 2 is 1.88 bits per heavy atom. The lowest BCUT2D eigenvalue weighted by Crippen LogP contribution is -1.99. The van der Waals surface area contributed by atoms with Crippen LogP contribution in [0.5, 0.6) is 0 Å². The van der Waals surface area contributed by atoms with Gasteiger partial charge in [0.15, 0.2) is 0 Å². The van der Waals surface area contributed by atoms with Crippen molar-refractivity contribution < 1.29 is 0 Å². The zero-order valence-electron chi connectivity index (χ0n) is 12.8. The molecule has 0 radical (unpaired) electrons. The van der Waals surface area contributed by atoms with E-state index in [1.807, 2.05) is 54.6 Å². The quantitative estimate of drug-likeness (QED) is 0.371. The minimum absolute atomic E-state index is 0.494. The lowest BCUT2D eigenvalue weighted by molar-refractivity contribution is 0.756. The van der Waals surface area contributed by atoms with Crippen molar-refractivity contribution in [2.75, 3.05) is 0 Å². The smallest absolute Gasteiger partial charge is 0.214 e. The molecular formula is C17H11Cl2N5S. The van der Waals surface area contributed by atoms with Gasteiger partial charge in [-0.15, -0.1) is 5.10 Å². The Morgan fingerprint density at radius 3 is 2.76 bits per heavy atom. The van der Waals surface area contributed by atoms with Crippen LogP contribution < -0.4 is 0 Å². The normalized spacial score (nSPS) is 11.1. The van der Waals surface area contributed by atoms with Gasteiger partial charge in [-0.2, -0.15) is 4.68 Å². The van der Waals surface area contributed by atoms with Crippen molar-refractivity contribution in [2.45, 2.75) is 10.9 Å². The monoisotopic (exact) mass is 387 g/mol. The van der Waals surface area contributed by atoms with E-state index in [0.717, 1.165) is 22.2 Å². The first-order valence-corrected chi connectivity index (χ1v) is 9.16. The molecule has 5 nitrogen and oxygen atoms in total. The first-order chi connectivity index (χ1) is 12.2. The Hall–Kier alpha value is -2.15. The van der Waals surface area contributed by atoms with Crippen molar-refractivity contribution in [3.8, 4) is 5.69 Å². The number of pyridine rings is 1. The molecule has 0 aliphatic rings. The van der Waals surface area contributed by atoms with Gasteiger partial charge in [-0.05, 0) is 40.8 Å². The topological polar surface area (TPSA) is 56.5 Å². The van der Waals surface area contributed by atoms with E-state index in [1.165, 1.54) is 11.8 Å². The van der Waals surface area contributed by atoms with Gasteiger partial charge in [-0.25, -0.2) is 4.98 Å². The summed E-state index contributed by atoms with van der Waals surface area (Å²) in [5.74, 6) is 0.609. The van der Waals surface area contributed by atoms with Gasteiger partial charge in [0.05, 0.1) is 11.2 Å². The molecule has 0 atom stereocenters. The van der Waals surface area contributed by atoms with Crippen LogP contribution in [0.1, 0.15) is 5.56 Å². The molecule has 8 heteroatoms. The van der Waals surface area contributed by atoms with Gasteiger partial charge in [0, 0.05) is 21.7 Å². The fourth-order valence-electron chi connectivity index (χ4n) is 2.42. The highest BCUT2D eigenvalue weighted by atomic mass is 35.5. The maximum atomic E-state index is 6.32. The summed E-state index contributed by atoms with van der Waals surface area (Å²) >= 11 is 13.9. The highest BCUT2D eigenvalue weighted by molar-refractivity contribution is 7.98. The second-order valence-electron chi connectivity index (χ2n) is 5.27. The number of nitrogens with zero attached hydrogens (tertiary/aromatic N) is 5. The molecule has 2 heterocycles. The molecule has 0 amide bonds. The summed E-state index contributed by atoms with van der Waals surface area (Å²) in [4.78, 5) is 4.44. The number of hydrogen-bond acceptors (Lipinski definition) is 5. The number of halogens is 2. The molecule has 4 rings (SSSR count). The molecule has 124 valence electrons. The minimum atomic E-state index is 0.494. The van der Waals surface area contributed by atoms with E-state index < -0.39 is 0 Å². The molecule has 2 aromatic carbocycles. The number of thioether (sulfide) groups is 1. The fraction of sp³-hybridized carbons (Fsp3) is 0.0588. The molecule has 0 unspecified atom stereocenters. The first kappa shape index (κ1) is 16.3. The average Bonchev–Trinajstić information content (AvgIpc) is 3.08. The average molecular weight is 388 g/mol. The molecule has 25 heavy (non-hydrogen) atoms. The molecule has 0 aliphatic carbocycles. The van der Waals surface area contributed by atoms with Gasteiger partial charge in [0.2, 0.25) is 5.16 Å². The Kier molecular flexibility index (Phi) is 4.57. The summed E-state index contributed by atoms with van der Waals surface area (Å²) in [5, 5.41) is 14.7. The number of fused-ring (bicyclic) bond motifs is 1. The van der Waals surface area contributed by atoms with Crippen molar-refractivity contribution in [1.82, 2.24) is 25.2 Å². The number of tetrazole rings is 1. The SMILES string of the molecule is Clc1cccc(-n2nnnc2SCc2cc3ccccc3nc2Cl)c1. The maximum Gasteiger partial charge on any atom is 0.214 e. The largest absolute Gasteiger partial charge is 0.236 e. The van der Waals surface area contributed by atoms with Crippen molar-refractivity contribution in [3.63, 3.8) is 0 Å². The summed E-state index contributed by atoms with van der Waals surface area (Å²) in [6.45, 7) is 0. The number of rotatable bonds is 4. The van der Waals surface area contributed by atoms with Crippen molar-refractivity contribution in [1.29, 1.82) is 0 Å². The standard InChI is InChI=1S/C17H11Cl2N5S/c18-13-5-3-6-14(9-13)24-17(21-22-23-24)25-10-12-8-11-4-1-2-7-15(11)20-16(12)19/h1-9H,10H2. The predicted molar refractivity (Wildman–Crippen MR) is 100 cm³/mol. The van der Waals surface area contributed by atoms with E-state index >= 15 is 0 Å². The van der Waals surface area contributed by atoms with Gasteiger partial charge >= 0.3 is 0 Å².